The maximum Gasteiger partial charge on any atom is 0.208 e. The number of nitrogens with zero attached hydrogens (tertiary/aromatic N) is 2. The van der Waals surface area contributed by atoms with E-state index in [1.165, 1.54) is 17.8 Å². The Labute approximate surface area is 131 Å². The van der Waals surface area contributed by atoms with E-state index >= 15 is 0 Å². The third-order valence-electron chi connectivity index (χ3n) is 3.60. The summed E-state index contributed by atoms with van der Waals surface area (Å²) in [6.45, 7) is 5.03. The summed E-state index contributed by atoms with van der Waals surface area (Å²) in [5, 5.41) is 4.14. The van der Waals surface area contributed by atoms with Crippen LogP contribution in [0.1, 0.15) is 38.9 Å². The minimum atomic E-state index is -3.14. The van der Waals surface area contributed by atoms with Gasteiger partial charge in [0.05, 0.1) is 6.26 Å². The average Bonchev–Trinajstić information content (AvgIpc) is 2.93. The molecule has 1 aliphatic carbocycles. The molecule has 0 aliphatic heterocycles. The quantitative estimate of drug-likeness (QED) is 0.796. The smallest absolute Gasteiger partial charge is 0.208 e. The Morgan fingerprint density at radius 2 is 2.14 bits per heavy atom. The average molecular weight is 332 g/mol. The lowest BCUT2D eigenvalue weighted by molar-refractivity contribution is 0.463. The number of sulfonamides is 1. The fraction of sp³-hybridized carbons (Fsp3) is 0.846. The molecule has 21 heavy (non-hydrogen) atoms. The van der Waals surface area contributed by atoms with Gasteiger partial charge in [0.15, 0.2) is 0 Å². The van der Waals surface area contributed by atoms with Gasteiger partial charge in [0.25, 0.3) is 0 Å². The van der Waals surface area contributed by atoms with Gasteiger partial charge in [-0.15, -0.1) is 0 Å². The Bertz CT molecular complexity index is 556. The van der Waals surface area contributed by atoms with Gasteiger partial charge < -0.3 is 5.32 Å². The molecule has 0 radical (unpaired) electrons. The Balaban J connectivity index is 1.85. The largest absolute Gasteiger partial charge is 0.360 e. The minimum Gasteiger partial charge on any atom is -0.360 e. The number of rotatable bonds is 7. The molecule has 2 rings (SSSR count). The standard InChI is InChI=1S/C13H24N4O2S2/c1-9(2)7-12-15-13(20-16-12)14-8-10-5-4-6-11(10)17-21(3,18)19/h9-11,17H,4-8H2,1-3H3,(H,14,15,16). The van der Waals surface area contributed by atoms with Crippen LogP contribution in [0.15, 0.2) is 0 Å². The Hall–Kier alpha value is -0.730. The fourth-order valence-electron chi connectivity index (χ4n) is 2.70. The number of anilines is 1. The van der Waals surface area contributed by atoms with Gasteiger partial charge in [0.1, 0.15) is 5.82 Å². The highest BCUT2D eigenvalue weighted by atomic mass is 32.2. The van der Waals surface area contributed by atoms with E-state index in [1.807, 2.05) is 0 Å². The maximum absolute atomic E-state index is 11.4. The lowest BCUT2D eigenvalue weighted by atomic mass is 10.1. The highest BCUT2D eigenvalue weighted by Crippen LogP contribution is 2.27. The Morgan fingerprint density at radius 3 is 2.81 bits per heavy atom. The van der Waals surface area contributed by atoms with Crippen molar-refractivity contribution in [2.24, 2.45) is 11.8 Å². The van der Waals surface area contributed by atoms with Gasteiger partial charge in [-0.05, 0) is 24.7 Å². The summed E-state index contributed by atoms with van der Waals surface area (Å²) in [6, 6.07) is 0.0376. The van der Waals surface area contributed by atoms with Gasteiger partial charge in [-0.3, -0.25) is 0 Å². The molecule has 1 aliphatic rings. The number of nitrogens with one attached hydrogen (secondary N) is 2. The lowest BCUT2D eigenvalue weighted by Crippen LogP contribution is -2.38. The van der Waals surface area contributed by atoms with Crippen molar-refractivity contribution in [3.8, 4) is 0 Å². The van der Waals surface area contributed by atoms with Gasteiger partial charge in [-0.2, -0.15) is 4.37 Å². The summed E-state index contributed by atoms with van der Waals surface area (Å²) in [5.74, 6) is 1.75. The zero-order chi connectivity index (χ0) is 15.5. The molecule has 120 valence electrons. The van der Waals surface area contributed by atoms with E-state index in [1.54, 1.807) is 0 Å². The van der Waals surface area contributed by atoms with Crippen molar-refractivity contribution in [3.05, 3.63) is 5.82 Å². The highest BCUT2D eigenvalue weighted by Gasteiger charge is 2.29. The first-order valence-electron chi connectivity index (χ1n) is 7.37. The molecule has 8 heteroatoms. The van der Waals surface area contributed by atoms with E-state index in [0.717, 1.165) is 43.2 Å². The molecular formula is C13H24N4O2S2. The van der Waals surface area contributed by atoms with Crippen molar-refractivity contribution in [1.29, 1.82) is 0 Å². The zero-order valence-electron chi connectivity index (χ0n) is 12.8. The topological polar surface area (TPSA) is 84.0 Å². The van der Waals surface area contributed by atoms with Crippen LogP contribution < -0.4 is 10.0 Å². The van der Waals surface area contributed by atoms with Gasteiger partial charge in [0, 0.05) is 30.5 Å². The predicted octanol–water partition coefficient (Wildman–Crippen LogP) is 1.87. The molecule has 0 aromatic carbocycles. The first kappa shape index (κ1) is 16.6. The molecule has 1 heterocycles. The molecule has 1 aromatic heterocycles. The Kier molecular flexibility index (Phi) is 5.56. The molecule has 6 nitrogen and oxygen atoms in total. The second-order valence-corrected chi connectivity index (χ2v) is 8.71. The summed E-state index contributed by atoms with van der Waals surface area (Å²) in [4.78, 5) is 4.47. The number of hydrogen-bond acceptors (Lipinski definition) is 6. The van der Waals surface area contributed by atoms with Gasteiger partial charge in [-0.25, -0.2) is 18.1 Å². The summed E-state index contributed by atoms with van der Waals surface area (Å²) >= 11 is 1.38. The second kappa shape index (κ2) is 7.02. The second-order valence-electron chi connectivity index (χ2n) is 6.18. The zero-order valence-corrected chi connectivity index (χ0v) is 14.4. The summed E-state index contributed by atoms with van der Waals surface area (Å²) in [5.41, 5.74) is 0. The maximum atomic E-state index is 11.4. The van der Waals surface area contributed by atoms with Crippen LogP contribution in [0.5, 0.6) is 0 Å². The highest BCUT2D eigenvalue weighted by molar-refractivity contribution is 7.88. The molecule has 2 unspecified atom stereocenters. The summed E-state index contributed by atoms with van der Waals surface area (Å²) < 4.78 is 29.8. The van der Waals surface area contributed by atoms with E-state index in [2.05, 4.69) is 33.2 Å². The van der Waals surface area contributed by atoms with Crippen molar-refractivity contribution in [1.82, 2.24) is 14.1 Å². The molecule has 1 aromatic rings. The molecule has 0 bridgehead atoms. The SMILES string of the molecule is CC(C)Cc1nsc(NCC2CCCC2NS(C)(=O)=O)n1. The molecular weight excluding hydrogens is 308 g/mol. The van der Waals surface area contributed by atoms with Crippen molar-refractivity contribution in [2.45, 2.75) is 45.6 Å². The molecule has 1 fully saturated rings. The van der Waals surface area contributed by atoms with Gasteiger partial charge >= 0.3 is 0 Å². The van der Waals surface area contributed by atoms with E-state index in [4.69, 9.17) is 0 Å². The van der Waals surface area contributed by atoms with E-state index in [9.17, 15) is 8.42 Å². The van der Waals surface area contributed by atoms with Crippen LogP contribution in [0.25, 0.3) is 0 Å². The number of aromatic nitrogens is 2. The third-order valence-corrected chi connectivity index (χ3v) is 5.04. The molecule has 2 N–H and O–H groups in total. The van der Waals surface area contributed by atoms with Crippen LogP contribution in [0.4, 0.5) is 5.13 Å². The van der Waals surface area contributed by atoms with Crippen LogP contribution in [-0.2, 0) is 16.4 Å². The van der Waals surface area contributed by atoms with E-state index < -0.39 is 10.0 Å². The first-order chi connectivity index (χ1) is 9.83. The fourth-order valence-corrected chi connectivity index (χ4v) is 4.17. The van der Waals surface area contributed by atoms with Crippen LogP contribution in [-0.4, -0.2) is 36.6 Å². The van der Waals surface area contributed by atoms with Crippen LogP contribution in [0.2, 0.25) is 0 Å². The first-order valence-corrected chi connectivity index (χ1v) is 10.0. The van der Waals surface area contributed by atoms with Crippen LogP contribution >= 0.6 is 11.5 Å². The van der Waals surface area contributed by atoms with Crippen molar-refractivity contribution >= 4 is 26.7 Å². The van der Waals surface area contributed by atoms with Crippen molar-refractivity contribution in [2.75, 3.05) is 18.1 Å². The number of hydrogen-bond donors (Lipinski definition) is 2. The summed E-state index contributed by atoms with van der Waals surface area (Å²) in [7, 11) is -3.14. The van der Waals surface area contributed by atoms with E-state index in [-0.39, 0.29) is 6.04 Å². The molecule has 0 spiro atoms. The van der Waals surface area contributed by atoms with Gasteiger partial charge in [0.2, 0.25) is 15.2 Å². The lowest BCUT2D eigenvalue weighted by Gasteiger charge is -2.19. The van der Waals surface area contributed by atoms with E-state index in [0.29, 0.717) is 11.8 Å². The molecule has 0 amide bonds. The normalized spacial score (nSPS) is 22.9. The van der Waals surface area contributed by atoms with Gasteiger partial charge in [-0.1, -0.05) is 20.3 Å². The van der Waals surface area contributed by atoms with Crippen molar-refractivity contribution in [3.63, 3.8) is 0 Å². The molecule has 1 saturated carbocycles. The van der Waals surface area contributed by atoms with Crippen molar-refractivity contribution < 1.29 is 8.42 Å². The minimum absolute atomic E-state index is 0.0376. The predicted molar refractivity (Wildman–Crippen MR) is 86.0 cm³/mol. The monoisotopic (exact) mass is 332 g/mol. The van der Waals surface area contributed by atoms with Crippen LogP contribution in [0, 0.1) is 11.8 Å². The Morgan fingerprint density at radius 1 is 1.38 bits per heavy atom. The van der Waals surface area contributed by atoms with Crippen LogP contribution in [0.3, 0.4) is 0 Å². The third kappa shape index (κ3) is 5.52. The summed E-state index contributed by atoms with van der Waals surface area (Å²) in [6.07, 6.45) is 5.12. The molecule has 2 atom stereocenters. The molecule has 0 saturated heterocycles.